The fraction of sp³-hybridized carbons (Fsp3) is 0.438. The minimum Gasteiger partial charge on any atom is -0.477 e. The molecule has 3 heterocycles. The molecule has 1 fully saturated rings. The number of hydrogen-bond donors (Lipinski definition) is 1. The normalized spacial score (nSPS) is 15.4. The third kappa shape index (κ3) is 7.47. The molecule has 1 saturated heterocycles. The van der Waals surface area contributed by atoms with Gasteiger partial charge in [0.2, 0.25) is 5.88 Å². The van der Waals surface area contributed by atoms with Crippen molar-refractivity contribution in [3.8, 4) is 17.1 Å². The van der Waals surface area contributed by atoms with E-state index in [0.717, 1.165) is 6.07 Å². The number of piperazine rings is 1. The second-order valence-electron chi connectivity index (χ2n) is 11.0. The zero-order valence-electron chi connectivity index (χ0n) is 25.7. The molecule has 3 aromatic rings. The second kappa shape index (κ2) is 14.1. The van der Waals surface area contributed by atoms with E-state index in [1.165, 1.54) is 17.0 Å². The van der Waals surface area contributed by atoms with Crippen LogP contribution in [-0.2, 0) is 6.18 Å². The van der Waals surface area contributed by atoms with Gasteiger partial charge in [0.15, 0.2) is 5.69 Å². The molecule has 1 aromatic carbocycles. The number of carbonyl (C=O) groups excluding carboxylic acids is 2. The van der Waals surface area contributed by atoms with E-state index in [-0.39, 0.29) is 36.3 Å². The molecular formula is C32H39F3N6O3. The van der Waals surface area contributed by atoms with Gasteiger partial charge in [0.1, 0.15) is 0 Å². The number of likely N-dealkylation sites (N-methyl/N-ethyl adjacent to an activating group) is 1. The maximum absolute atomic E-state index is 13.8. The van der Waals surface area contributed by atoms with Crippen molar-refractivity contribution < 1.29 is 27.5 Å². The fourth-order valence-electron chi connectivity index (χ4n) is 5.27. The zero-order valence-corrected chi connectivity index (χ0v) is 25.7. The number of pyridine rings is 2. The van der Waals surface area contributed by atoms with Crippen molar-refractivity contribution in [1.82, 2.24) is 25.1 Å². The second-order valence-corrected chi connectivity index (χ2v) is 11.0. The van der Waals surface area contributed by atoms with Gasteiger partial charge in [-0.15, -0.1) is 0 Å². The quantitative estimate of drug-likeness (QED) is 0.348. The van der Waals surface area contributed by atoms with Gasteiger partial charge in [-0.25, -0.2) is 9.97 Å². The average Bonchev–Trinajstić information content (AvgIpc) is 3.00. The molecule has 9 nitrogen and oxygen atoms in total. The molecule has 0 aliphatic carbocycles. The highest BCUT2D eigenvalue weighted by Gasteiger charge is 2.38. The predicted molar refractivity (Wildman–Crippen MR) is 163 cm³/mol. The number of nitrogens with zero attached hydrogens (tertiary/aromatic N) is 5. The molecule has 0 spiro atoms. The molecule has 0 bridgehead atoms. The number of carbonyl (C=O) groups is 2. The van der Waals surface area contributed by atoms with E-state index in [1.54, 1.807) is 25.3 Å². The van der Waals surface area contributed by atoms with Crippen molar-refractivity contribution in [2.45, 2.75) is 39.4 Å². The van der Waals surface area contributed by atoms with E-state index < -0.39 is 17.6 Å². The molecule has 12 heteroatoms. The SMILES string of the molecule is CCOc1ncccc1-c1ccc(N2CCN(C(=O)c3ccc(C)cc3C(F)(F)F)C[C@H]2CC)c(C(=O)NCCN(C)C)n1. The summed E-state index contributed by atoms with van der Waals surface area (Å²) in [6.45, 7) is 7.51. The molecule has 1 aliphatic heterocycles. The van der Waals surface area contributed by atoms with Gasteiger partial charge in [0.05, 0.1) is 34.7 Å². The lowest BCUT2D eigenvalue weighted by atomic mass is 10.0. The Labute approximate surface area is 256 Å². The summed E-state index contributed by atoms with van der Waals surface area (Å²) in [6, 6.07) is 10.7. The minimum atomic E-state index is -4.65. The minimum absolute atomic E-state index is 0.182. The average molecular weight is 613 g/mol. The Bertz CT molecular complexity index is 1480. The van der Waals surface area contributed by atoms with Gasteiger partial charge in [0.25, 0.3) is 11.8 Å². The van der Waals surface area contributed by atoms with Gasteiger partial charge >= 0.3 is 6.18 Å². The lowest BCUT2D eigenvalue weighted by Gasteiger charge is -2.43. The smallest absolute Gasteiger partial charge is 0.417 e. The highest BCUT2D eigenvalue weighted by Crippen LogP contribution is 2.35. The topological polar surface area (TPSA) is 90.9 Å². The predicted octanol–water partition coefficient (Wildman–Crippen LogP) is 4.90. The first-order chi connectivity index (χ1) is 20.9. The van der Waals surface area contributed by atoms with Crippen LogP contribution in [0, 0.1) is 6.92 Å². The monoisotopic (exact) mass is 612 g/mol. The first-order valence-corrected chi connectivity index (χ1v) is 14.7. The third-order valence-electron chi connectivity index (χ3n) is 7.52. The van der Waals surface area contributed by atoms with E-state index in [9.17, 15) is 22.8 Å². The van der Waals surface area contributed by atoms with Crippen molar-refractivity contribution in [3.63, 3.8) is 0 Å². The molecule has 4 rings (SSSR count). The summed E-state index contributed by atoms with van der Waals surface area (Å²) in [5.41, 5.74) is 1.09. The molecule has 44 heavy (non-hydrogen) atoms. The lowest BCUT2D eigenvalue weighted by Crippen LogP contribution is -2.55. The Hall–Kier alpha value is -4.19. The van der Waals surface area contributed by atoms with Gasteiger partial charge in [-0.3, -0.25) is 9.59 Å². The Kier molecular flexibility index (Phi) is 10.5. The van der Waals surface area contributed by atoms with Crippen LogP contribution < -0.4 is 15.0 Å². The van der Waals surface area contributed by atoms with Crippen LogP contribution in [-0.4, -0.2) is 91.0 Å². The van der Waals surface area contributed by atoms with Gasteiger partial charge in [-0.05, 0) is 70.8 Å². The van der Waals surface area contributed by atoms with E-state index >= 15 is 0 Å². The first-order valence-electron chi connectivity index (χ1n) is 14.7. The number of alkyl halides is 3. The van der Waals surface area contributed by atoms with Crippen molar-refractivity contribution >= 4 is 17.5 Å². The van der Waals surface area contributed by atoms with E-state index in [4.69, 9.17) is 9.72 Å². The van der Waals surface area contributed by atoms with Crippen LogP contribution in [0.25, 0.3) is 11.3 Å². The molecule has 2 amide bonds. The molecule has 236 valence electrons. The summed E-state index contributed by atoms with van der Waals surface area (Å²) >= 11 is 0. The number of aromatic nitrogens is 2. The first kappa shape index (κ1) is 32.7. The van der Waals surface area contributed by atoms with Crippen LogP contribution in [0.2, 0.25) is 0 Å². The molecular weight excluding hydrogens is 573 g/mol. The van der Waals surface area contributed by atoms with E-state index in [1.807, 2.05) is 49.9 Å². The summed E-state index contributed by atoms with van der Waals surface area (Å²) in [5.74, 6) is -0.610. The molecule has 2 aromatic heterocycles. The van der Waals surface area contributed by atoms with Gasteiger partial charge in [-0.2, -0.15) is 13.2 Å². The molecule has 0 radical (unpaired) electrons. The summed E-state index contributed by atoms with van der Waals surface area (Å²) < 4.78 is 47.2. The van der Waals surface area contributed by atoms with Crippen LogP contribution in [0.15, 0.2) is 48.7 Å². The number of anilines is 1. The largest absolute Gasteiger partial charge is 0.477 e. The van der Waals surface area contributed by atoms with Gasteiger partial charge in [-0.1, -0.05) is 18.6 Å². The Morgan fingerprint density at radius 3 is 2.57 bits per heavy atom. The number of benzene rings is 1. The number of halogens is 3. The van der Waals surface area contributed by atoms with Crippen molar-refractivity contribution in [2.75, 3.05) is 58.3 Å². The third-order valence-corrected chi connectivity index (χ3v) is 7.52. The summed E-state index contributed by atoms with van der Waals surface area (Å²) in [5, 5.41) is 2.95. The van der Waals surface area contributed by atoms with Gasteiger partial charge in [0, 0.05) is 45.0 Å². The molecule has 1 atom stereocenters. The van der Waals surface area contributed by atoms with Crippen molar-refractivity contribution in [1.29, 1.82) is 0 Å². The molecule has 0 saturated carbocycles. The summed E-state index contributed by atoms with van der Waals surface area (Å²) in [6.07, 6.45) is -2.44. The van der Waals surface area contributed by atoms with Crippen molar-refractivity contribution in [2.24, 2.45) is 0 Å². The Balaban J connectivity index is 1.67. The van der Waals surface area contributed by atoms with Crippen LogP contribution in [0.4, 0.5) is 18.9 Å². The number of hydrogen-bond acceptors (Lipinski definition) is 7. The lowest BCUT2D eigenvalue weighted by molar-refractivity contribution is -0.138. The van der Waals surface area contributed by atoms with Crippen LogP contribution in [0.1, 0.15) is 52.2 Å². The van der Waals surface area contributed by atoms with Gasteiger partial charge < -0.3 is 24.8 Å². The van der Waals surface area contributed by atoms with E-state index in [2.05, 4.69) is 10.3 Å². The van der Waals surface area contributed by atoms with Crippen molar-refractivity contribution in [3.05, 3.63) is 71.0 Å². The fourth-order valence-corrected chi connectivity index (χ4v) is 5.27. The molecule has 1 aliphatic rings. The summed E-state index contributed by atoms with van der Waals surface area (Å²) in [7, 11) is 3.82. The molecule has 1 N–H and O–H groups in total. The highest BCUT2D eigenvalue weighted by molar-refractivity contribution is 5.99. The number of nitrogens with one attached hydrogen (secondary N) is 1. The number of amides is 2. The van der Waals surface area contributed by atoms with Crippen LogP contribution in [0.3, 0.4) is 0 Å². The number of rotatable bonds is 10. The standard InChI is InChI=1S/C32H39F3N6O3/c1-6-22-20-40(31(43)23-11-10-21(3)19-25(23)32(33,34)35)17-18-41(22)27-13-12-26(24-9-8-14-37-30(24)44-7-2)38-28(27)29(42)36-15-16-39(4)5/h8-14,19,22H,6-7,15-18,20H2,1-5H3,(H,36,42)/t22-/m1/s1. The van der Waals surface area contributed by atoms with E-state index in [0.29, 0.717) is 61.1 Å². The highest BCUT2D eigenvalue weighted by atomic mass is 19.4. The maximum atomic E-state index is 13.8. The number of ether oxygens (including phenoxy) is 1. The summed E-state index contributed by atoms with van der Waals surface area (Å²) in [4.78, 5) is 41.5. The Morgan fingerprint density at radius 2 is 1.89 bits per heavy atom. The Morgan fingerprint density at radius 1 is 1.11 bits per heavy atom. The molecule has 0 unspecified atom stereocenters. The zero-order chi connectivity index (χ0) is 32.0. The number of aryl methyl sites for hydroxylation is 1. The van der Waals surface area contributed by atoms with Crippen LogP contribution >= 0.6 is 0 Å². The van der Waals surface area contributed by atoms with Crippen LogP contribution in [0.5, 0.6) is 5.88 Å². The maximum Gasteiger partial charge on any atom is 0.417 e.